The number of rotatable bonds is 5. The second kappa shape index (κ2) is 6.83. The summed E-state index contributed by atoms with van der Waals surface area (Å²) < 4.78 is 30.5. The van der Waals surface area contributed by atoms with E-state index in [1.165, 1.54) is 32.1 Å². The van der Waals surface area contributed by atoms with E-state index in [2.05, 4.69) is 14.9 Å². The van der Waals surface area contributed by atoms with Gasteiger partial charge in [-0.2, -0.15) is 0 Å². The first kappa shape index (κ1) is 17.2. The Balaban J connectivity index is 1.38. The summed E-state index contributed by atoms with van der Waals surface area (Å²) in [4.78, 5) is 10.5. The van der Waals surface area contributed by atoms with Gasteiger partial charge < -0.3 is 4.74 Å². The first-order chi connectivity index (χ1) is 12.1. The average molecular weight is 365 g/mol. The van der Waals surface area contributed by atoms with Gasteiger partial charge in [-0.1, -0.05) is 19.3 Å². The van der Waals surface area contributed by atoms with E-state index in [1.54, 1.807) is 18.5 Å². The molecule has 1 aliphatic carbocycles. The van der Waals surface area contributed by atoms with Crippen LogP contribution in [0.5, 0.6) is 6.01 Å². The van der Waals surface area contributed by atoms with Gasteiger partial charge in [-0.3, -0.25) is 4.90 Å². The molecule has 2 saturated heterocycles. The van der Waals surface area contributed by atoms with Crippen molar-refractivity contribution in [3.63, 3.8) is 0 Å². The van der Waals surface area contributed by atoms with Crippen LogP contribution in [0, 0.1) is 11.8 Å². The lowest BCUT2D eigenvalue weighted by Crippen LogP contribution is -2.68. The Morgan fingerprint density at radius 1 is 1.12 bits per heavy atom. The van der Waals surface area contributed by atoms with Crippen LogP contribution in [0.3, 0.4) is 0 Å². The van der Waals surface area contributed by atoms with Gasteiger partial charge in [-0.15, -0.1) is 0 Å². The Bertz CT molecular complexity index is 683. The molecule has 0 radical (unpaired) electrons. The Morgan fingerprint density at radius 3 is 2.56 bits per heavy atom. The normalized spacial score (nSPS) is 28.7. The molecule has 1 spiro atoms. The van der Waals surface area contributed by atoms with Crippen molar-refractivity contribution < 1.29 is 13.2 Å². The van der Waals surface area contributed by atoms with Crippen LogP contribution in [0.2, 0.25) is 0 Å². The number of aromatic nitrogens is 2. The molecule has 0 bridgehead atoms. The van der Waals surface area contributed by atoms with Crippen LogP contribution in [0.4, 0.5) is 0 Å². The molecule has 6 nitrogen and oxygen atoms in total. The minimum Gasteiger partial charge on any atom is -0.463 e. The summed E-state index contributed by atoms with van der Waals surface area (Å²) in [5, 5.41) is 0. The topological polar surface area (TPSA) is 72.4 Å². The number of sulfone groups is 1. The van der Waals surface area contributed by atoms with Crippen LogP contribution < -0.4 is 4.74 Å². The molecule has 0 aromatic carbocycles. The molecule has 25 heavy (non-hydrogen) atoms. The summed E-state index contributed by atoms with van der Waals surface area (Å²) >= 11 is 0. The Hall–Kier alpha value is -1.21. The van der Waals surface area contributed by atoms with Crippen molar-refractivity contribution >= 4 is 9.84 Å². The van der Waals surface area contributed by atoms with Crippen molar-refractivity contribution in [2.45, 2.75) is 43.3 Å². The lowest BCUT2D eigenvalue weighted by Gasteiger charge is -2.51. The molecule has 3 heterocycles. The second-order valence-corrected chi connectivity index (χ2v) is 10.3. The van der Waals surface area contributed by atoms with E-state index in [-0.39, 0.29) is 11.7 Å². The molecule has 3 fully saturated rings. The molecule has 7 heteroatoms. The SMILES string of the molecule is O=S1(=O)CCC(COc2ncccn2)C12CN(CC1CCCCC1)C2. The Morgan fingerprint density at radius 2 is 1.84 bits per heavy atom. The fourth-order valence-electron chi connectivity index (χ4n) is 4.82. The van der Waals surface area contributed by atoms with E-state index < -0.39 is 14.6 Å². The highest BCUT2D eigenvalue weighted by atomic mass is 32.2. The molecule has 1 aromatic heterocycles. The Kier molecular flexibility index (Phi) is 4.71. The largest absolute Gasteiger partial charge is 0.463 e. The third kappa shape index (κ3) is 3.28. The molecule has 1 saturated carbocycles. The Labute approximate surface area is 149 Å². The molecular formula is C18H27N3O3S. The molecule has 138 valence electrons. The highest BCUT2D eigenvalue weighted by molar-refractivity contribution is 7.93. The zero-order chi connectivity index (χ0) is 17.3. The van der Waals surface area contributed by atoms with E-state index in [0.29, 0.717) is 32.1 Å². The second-order valence-electron chi connectivity index (χ2n) is 7.89. The van der Waals surface area contributed by atoms with Gasteiger partial charge in [0.2, 0.25) is 0 Å². The maximum Gasteiger partial charge on any atom is 0.316 e. The standard InChI is InChI=1S/C18H27N3O3S/c22-25(23)10-7-16(12-24-17-19-8-4-9-20-17)18(25)13-21(14-18)11-15-5-2-1-3-6-15/h4,8-9,15-16H,1-3,5-7,10-14H2. The summed E-state index contributed by atoms with van der Waals surface area (Å²) in [5.74, 6) is 1.08. The molecular weight excluding hydrogens is 338 g/mol. The zero-order valence-corrected chi connectivity index (χ0v) is 15.5. The van der Waals surface area contributed by atoms with E-state index in [0.717, 1.165) is 12.5 Å². The number of hydrogen-bond acceptors (Lipinski definition) is 6. The summed E-state index contributed by atoms with van der Waals surface area (Å²) in [6.45, 7) is 2.80. The lowest BCUT2D eigenvalue weighted by atomic mass is 9.81. The third-order valence-electron chi connectivity index (χ3n) is 6.28. The maximum atomic E-state index is 12.7. The molecule has 0 amide bonds. The van der Waals surface area contributed by atoms with Gasteiger partial charge in [-0.25, -0.2) is 18.4 Å². The fourth-order valence-corrected chi connectivity index (χ4v) is 7.27. The first-order valence-electron chi connectivity index (χ1n) is 9.43. The van der Waals surface area contributed by atoms with Gasteiger partial charge in [-0.05, 0) is 31.2 Å². The van der Waals surface area contributed by atoms with Gasteiger partial charge >= 0.3 is 6.01 Å². The molecule has 1 atom stereocenters. The molecule has 2 aliphatic heterocycles. The average Bonchev–Trinajstić information content (AvgIpc) is 2.86. The predicted octanol–water partition coefficient (Wildman–Crippen LogP) is 1.92. The van der Waals surface area contributed by atoms with Crippen molar-refractivity contribution in [1.29, 1.82) is 0 Å². The van der Waals surface area contributed by atoms with Gasteiger partial charge in [0, 0.05) is 37.9 Å². The van der Waals surface area contributed by atoms with Gasteiger partial charge in [0.25, 0.3) is 0 Å². The van der Waals surface area contributed by atoms with E-state index >= 15 is 0 Å². The molecule has 3 aliphatic rings. The van der Waals surface area contributed by atoms with E-state index in [1.807, 2.05) is 0 Å². The van der Waals surface area contributed by atoms with Crippen molar-refractivity contribution in [3.05, 3.63) is 18.5 Å². The number of hydrogen-bond donors (Lipinski definition) is 0. The van der Waals surface area contributed by atoms with Crippen LogP contribution in [-0.2, 0) is 9.84 Å². The van der Waals surface area contributed by atoms with Gasteiger partial charge in [0.05, 0.1) is 12.4 Å². The molecule has 4 rings (SSSR count). The quantitative estimate of drug-likeness (QED) is 0.794. The van der Waals surface area contributed by atoms with Gasteiger partial charge in [0.1, 0.15) is 4.75 Å². The van der Waals surface area contributed by atoms with Crippen LogP contribution in [-0.4, -0.2) is 60.0 Å². The number of ether oxygens (including phenoxy) is 1. The van der Waals surface area contributed by atoms with E-state index in [4.69, 9.17) is 4.74 Å². The van der Waals surface area contributed by atoms with Crippen molar-refractivity contribution in [2.24, 2.45) is 11.8 Å². The van der Waals surface area contributed by atoms with Crippen molar-refractivity contribution in [1.82, 2.24) is 14.9 Å². The van der Waals surface area contributed by atoms with Crippen LogP contribution in [0.25, 0.3) is 0 Å². The van der Waals surface area contributed by atoms with E-state index in [9.17, 15) is 8.42 Å². The zero-order valence-electron chi connectivity index (χ0n) is 14.6. The number of nitrogens with zero attached hydrogens (tertiary/aromatic N) is 3. The summed E-state index contributed by atoms with van der Waals surface area (Å²) in [6, 6.07) is 2.07. The van der Waals surface area contributed by atoms with Gasteiger partial charge in [0.15, 0.2) is 9.84 Å². The fraction of sp³-hybridized carbons (Fsp3) is 0.778. The monoisotopic (exact) mass is 365 g/mol. The first-order valence-corrected chi connectivity index (χ1v) is 11.1. The highest BCUT2D eigenvalue weighted by Crippen LogP contribution is 2.45. The summed E-state index contributed by atoms with van der Waals surface area (Å²) in [5.41, 5.74) is 0. The lowest BCUT2D eigenvalue weighted by molar-refractivity contribution is 0.0457. The van der Waals surface area contributed by atoms with Crippen LogP contribution >= 0.6 is 0 Å². The predicted molar refractivity (Wildman–Crippen MR) is 95.2 cm³/mol. The van der Waals surface area contributed by atoms with Crippen molar-refractivity contribution in [3.8, 4) is 6.01 Å². The highest BCUT2D eigenvalue weighted by Gasteiger charge is 2.61. The summed E-state index contributed by atoms with van der Waals surface area (Å²) in [7, 11) is -3.04. The van der Waals surface area contributed by atoms with Crippen LogP contribution in [0.15, 0.2) is 18.5 Å². The third-order valence-corrected chi connectivity index (χ3v) is 8.88. The summed E-state index contributed by atoms with van der Waals surface area (Å²) in [6.07, 6.45) is 10.6. The minimum absolute atomic E-state index is 0.0453. The molecule has 1 aromatic rings. The smallest absolute Gasteiger partial charge is 0.316 e. The maximum absolute atomic E-state index is 12.7. The number of likely N-dealkylation sites (tertiary alicyclic amines) is 1. The molecule has 1 unspecified atom stereocenters. The molecule has 0 N–H and O–H groups in total. The van der Waals surface area contributed by atoms with Crippen molar-refractivity contribution in [2.75, 3.05) is 32.0 Å². The minimum atomic E-state index is -3.04. The van der Waals surface area contributed by atoms with Crippen LogP contribution in [0.1, 0.15) is 38.5 Å².